The number of dihydropyridines is 1. The highest BCUT2D eigenvalue weighted by Crippen LogP contribution is 2.43. The lowest BCUT2D eigenvalue weighted by atomic mass is 9.72. The van der Waals surface area contributed by atoms with E-state index in [9.17, 15) is 4.39 Å². The van der Waals surface area contributed by atoms with E-state index in [1.807, 2.05) is 25.2 Å². The lowest BCUT2D eigenvalue weighted by Crippen LogP contribution is -2.35. The van der Waals surface area contributed by atoms with Crippen LogP contribution in [0.5, 0.6) is 0 Å². The largest absolute Gasteiger partial charge is 0.399 e. The fraction of sp³-hybridized carbons (Fsp3) is 0.265. The second-order valence-corrected chi connectivity index (χ2v) is 10.4. The molecule has 1 aromatic carbocycles. The van der Waals surface area contributed by atoms with Crippen molar-refractivity contribution in [3.8, 4) is 0 Å². The van der Waals surface area contributed by atoms with Crippen molar-refractivity contribution in [3.05, 3.63) is 144 Å². The SMILES string of the molecule is C=C/C(F)=C(\C=C)NC1=C(C)C(N)=CC(c2ccc(C3(C(=C)C)CCN(C(=C)C/C=C\C=C/N=C)C3)c(C)c2)N1. The Hall–Kier alpha value is -4.32. The molecule has 0 saturated carbocycles. The van der Waals surface area contributed by atoms with Gasteiger partial charge in [-0.15, -0.1) is 0 Å². The average Bonchev–Trinajstić information content (AvgIpc) is 3.40. The van der Waals surface area contributed by atoms with Gasteiger partial charge in [-0.3, -0.25) is 4.99 Å². The van der Waals surface area contributed by atoms with Gasteiger partial charge in [0.15, 0.2) is 0 Å². The van der Waals surface area contributed by atoms with Crippen molar-refractivity contribution in [2.45, 2.75) is 45.1 Å². The normalized spacial score (nSPS) is 21.6. The molecular weight excluding hydrogens is 497 g/mol. The quantitative estimate of drug-likeness (QED) is 0.151. The maximum Gasteiger partial charge on any atom is 0.146 e. The van der Waals surface area contributed by atoms with E-state index >= 15 is 0 Å². The van der Waals surface area contributed by atoms with Crippen molar-refractivity contribution in [2.24, 2.45) is 10.7 Å². The highest BCUT2D eigenvalue weighted by molar-refractivity contribution is 5.47. The summed E-state index contributed by atoms with van der Waals surface area (Å²) in [5.74, 6) is 0.144. The zero-order chi connectivity index (χ0) is 29.4. The van der Waals surface area contributed by atoms with Crippen LogP contribution in [-0.4, -0.2) is 24.7 Å². The fourth-order valence-corrected chi connectivity index (χ4v) is 5.33. The maximum atomic E-state index is 14.2. The molecule has 2 atom stereocenters. The number of rotatable bonds is 12. The molecule has 210 valence electrons. The summed E-state index contributed by atoms with van der Waals surface area (Å²) in [5.41, 5.74) is 13.6. The smallest absolute Gasteiger partial charge is 0.146 e. The molecule has 6 heteroatoms. The van der Waals surface area contributed by atoms with E-state index in [1.165, 1.54) is 17.2 Å². The fourth-order valence-electron chi connectivity index (χ4n) is 5.33. The van der Waals surface area contributed by atoms with Gasteiger partial charge in [-0.25, -0.2) is 4.39 Å². The minimum atomic E-state index is -0.488. The van der Waals surface area contributed by atoms with Gasteiger partial charge in [-0.1, -0.05) is 62.2 Å². The predicted octanol–water partition coefficient (Wildman–Crippen LogP) is 7.05. The van der Waals surface area contributed by atoms with Crippen LogP contribution in [0.25, 0.3) is 0 Å². The number of benzene rings is 1. The number of nitrogens with two attached hydrogens (primary N) is 1. The van der Waals surface area contributed by atoms with Crippen LogP contribution in [0.15, 0.2) is 132 Å². The predicted molar refractivity (Wildman–Crippen MR) is 168 cm³/mol. The van der Waals surface area contributed by atoms with Crippen LogP contribution < -0.4 is 16.4 Å². The zero-order valence-electron chi connectivity index (χ0n) is 24.1. The summed E-state index contributed by atoms with van der Waals surface area (Å²) in [6, 6.07) is 6.37. The Bertz CT molecular complexity index is 1360. The molecule has 2 heterocycles. The van der Waals surface area contributed by atoms with Gasteiger partial charge in [0.2, 0.25) is 0 Å². The molecule has 40 heavy (non-hydrogen) atoms. The molecule has 0 spiro atoms. The van der Waals surface area contributed by atoms with E-state index in [2.05, 4.69) is 91.7 Å². The molecule has 1 fully saturated rings. The van der Waals surface area contributed by atoms with Gasteiger partial charge in [0, 0.05) is 48.1 Å². The Morgan fingerprint density at radius 3 is 2.62 bits per heavy atom. The lowest BCUT2D eigenvalue weighted by molar-refractivity contribution is 0.392. The van der Waals surface area contributed by atoms with Gasteiger partial charge in [0.05, 0.1) is 11.7 Å². The molecule has 2 unspecified atom stereocenters. The van der Waals surface area contributed by atoms with Crippen molar-refractivity contribution in [2.75, 3.05) is 13.1 Å². The Labute approximate surface area is 239 Å². The Morgan fingerprint density at radius 2 is 2.00 bits per heavy atom. The number of hydrogen-bond donors (Lipinski definition) is 3. The van der Waals surface area contributed by atoms with Crippen LogP contribution in [0.1, 0.15) is 49.4 Å². The first-order valence-electron chi connectivity index (χ1n) is 13.4. The number of nitrogens with one attached hydrogen (secondary N) is 2. The Balaban J connectivity index is 1.84. The minimum absolute atomic E-state index is 0.161. The summed E-state index contributed by atoms with van der Waals surface area (Å²) < 4.78 is 14.2. The summed E-state index contributed by atoms with van der Waals surface area (Å²) in [7, 11) is 0. The molecule has 0 aromatic heterocycles. The first-order valence-corrected chi connectivity index (χ1v) is 13.4. The number of nitrogens with zero attached hydrogens (tertiary/aromatic N) is 2. The van der Waals surface area contributed by atoms with Crippen molar-refractivity contribution in [3.63, 3.8) is 0 Å². The van der Waals surface area contributed by atoms with E-state index in [-0.39, 0.29) is 17.2 Å². The first-order chi connectivity index (χ1) is 19.1. The second-order valence-electron chi connectivity index (χ2n) is 10.4. The van der Waals surface area contributed by atoms with Crippen LogP contribution in [0.4, 0.5) is 4.39 Å². The van der Waals surface area contributed by atoms with E-state index in [4.69, 9.17) is 5.73 Å². The summed E-state index contributed by atoms with van der Waals surface area (Å²) in [6.07, 6.45) is 13.9. The standard InChI is InChI=1S/C34H42FN5/c1-9-29(35)31(10-2)38-33-26(7)30(36)21-32(39-33)27-15-16-28(24(5)20-27)34(23(3)4)17-19-40(22-34)25(6)14-12-11-13-18-37-8/h9-13,15-16,18,20-21,32,38-39H,1-3,6,8,14,17,19,22,36H2,4-5,7H3/b12-11-,18-13-,31-29-. The van der Waals surface area contributed by atoms with E-state index < -0.39 is 5.83 Å². The van der Waals surface area contributed by atoms with E-state index in [1.54, 1.807) is 6.20 Å². The van der Waals surface area contributed by atoms with Crippen molar-refractivity contribution < 1.29 is 4.39 Å². The molecule has 3 rings (SSSR count). The van der Waals surface area contributed by atoms with Crippen molar-refractivity contribution in [1.82, 2.24) is 15.5 Å². The summed E-state index contributed by atoms with van der Waals surface area (Å²) in [4.78, 5) is 6.08. The molecule has 0 amide bonds. The molecule has 4 N–H and O–H groups in total. The monoisotopic (exact) mass is 539 g/mol. The molecule has 5 nitrogen and oxygen atoms in total. The molecule has 0 aliphatic carbocycles. The third-order valence-electron chi connectivity index (χ3n) is 7.81. The molecule has 2 aliphatic rings. The molecule has 1 saturated heterocycles. The number of hydrogen-bond acceptors (Lipinski definition) is 5. The van der Waals surface area contributed by atoms with Gasteiger partial charge in [-0.2, -0.15) is 0 Å². The van der Waals surface area contributed by atoms with Gasteiger partial charge in [0.1, 0.15) is 11.6 Å². The number of likely N-dealkylation sites (tertiary alicyclic amines) is 1. The number of halogens is 1. The van der Waals surface area contributed by atoms with Gasteiger partial charge in [0.25, 0.3) is 0 Å². The van der Waals surface area contributed by atoms with Gasteiger partial charge >= 0.3 is 0 Å². The molecular formula is C34H42FN5. The molecule has 2 aliphatic heterocycles. The molecule has 0 bridgehead atoms. The minimum Gasteiger partial charge on any atom is -0.399 e. The topological polar surface area (TPSA) is 65.7 Å². The summed E-state index contributed by atoms with van der Waals surface area (Å²) in [5, 5.41) is 6.56. The summed E-state index contributed by atoms with van der Waals surface area (Å²) >= 11 is 0. The molecule has 1 aromatic rings. The zero-order valence-corrected chi connectivity index (χ0v) is 24.1. The second kappa shape index (κ2) is 13.2. The van der Waals surface area contributed by atoms with Crippen molar-refractivity contribution >= 4 is 6.72 Å². The lowest BCUT2D eigenvalue weighted by Gasteiger charge is -2.34. The number of aliphatic imine (C=N–C) groups is 1. The first kappa shape index (κ1) is 30.2. The van der Waals surface area contributed by atoms with Crippen LogP contribution in [0, 0.1) is 6.92 Å². The van der Waals surface area contributed by atoms with Gasteiger partial charge < -0.3 is 21.3 Å². The van der Waals surface area contributed by atoms with Crippen molar-refractivity contribution in [1.29, 1.82) is 0 Å². The molecule has 0 radical (unpaired) electrons. The third-order valence-corrected chi connectivity index (χ3v) is 7.81. The van der Waals surface area contributed by atoms with Crippen LogP contribution in [0.3, 0.4) is 0 Å². The van der Waals surface area contributed by atoms with Gasteiger partial charge in [-0.05, 0) is 74.9 Å². The Kier molecular flexibility index (Phi) is 9.94. The highest BCUT2D eigenvalue weighted by Gasteiger charge is 2.41. The Morgan fingerprint density at radius 1 is 1.25 bits per heavy atom. The summed E-state index contributed by atoms with van der Waals surface area (Å²) in [6.45, 7) is 27.3. The third kappa shape index (κ3) is 6.45. The average molecular weight is 540 g/mol. The highest BCUT2D eigenvalue weighted by atomic mass is 19.1. The number of aryl methyl sites for hydroxylation is 1. The van der Waals surface area contributed by atoms with Crippen LogP contribution in [0.2, 0.25) is 0 Å². The van der Waals surface area contributed by atoms with Crippen LogP contribution >= 0.6 is 0 Å². The maximum absolute atomic E-state index is 14.2. The van der Waals surface area contributed by atoms with E-state index in [0.29, 0.717) is 11.5 Å². The number of allylic oxidation sites excluding steroid dienone is 7. The van der Waals surface area contributed by atoms with Crippen LogP contribution in [-0.2, 0) is 5.41 Å². The van der Waals surface area contributed by atoms with E-state index in [0.717, 1.165) is 54.4 Å².